The van der Waals surface area contributed by atoms with Crippen molar-refractivity contribution in [3.8, 4) is 0 Å². The van der Waals surface area contributed by atoms with E-state index in [0.717, 1.165) is 16.9 Å². The third-order valence-electron chi connectivity index (χ3n) is 2.16. The van der Waals surface area contributed by atoms with Gasteiger partial charge in [0.05, 0.1) is 4.90 Å². The lowest BCUT2D eigenvalue weighted by atomic mass is 10.3. The molecule has 0 atom stereocenters. The Kier molecular flexibility index (Phi) is 4.66. The summed E-state index contributed by atoms with van der Waals surface area (Å²) < 4.78 is 26.3. The topological polar surface area (TPSA) is 83.5 Å². The molecule has 18 heavy (non-hydrogen) atoms. The number of hydrogen-bond donors (Lipinski definition) is 2. The van der Waals surface area contributed by atoms with Crippen LogP contribution >= 0.6 is 11.3 Å². The van der Waals surface area contributed by atoms with E-state index >= 15 is 0 Å². The number of nitrogens with one attached hydrogen (secondary N) is 1. The van der Waals surface area contributed by atoms with Crippen molar-refractivity contribution < 1.29 is 18.3 Å². The minimum Gasteiger partial charge on any atom is -0.477 e. The van der Waals surface area contributed by atoms with Gasteiger partial charge in [0.1, 0.15) is 4.88 Å². The normalized spacial score (nSPS) is 11.3. The Hall–Kier alpha value is -1.18. The van der Waals surface area contributed by atoms with Gasteiger partial charge in [-0.1, -0.05) is 11.6 Å². The predicted octanol–water partition coefficient (Wildman–Crippen LogP) is 2.00. The third kappa shape index (κ3) is 3.66. The lowest BCUT2D eigenvalue weighted by Gasteiger charge is -2.03. The zero-order valence-corrected chi connectivity index (χ0v) is 12.0. The van der Waals surface area contributed by atoms with Gasteiger partial charge in [-0.15, -0.1) is 11.3 Å². The Balaban J connectivity index is 2.98. The molecule has 0 radical (unpaired) electrons. The molecule has 2 N–H and O–H groups in total. The Morgan fingerprint density at radius 1 is 1.50 bits per heavy atom. The highest BCUT2D eigenvalue weighted by Crippen LogP contribution is 2.25. The molecule has 0 amide bonds. The van der Waals surface area contributed by atoms with Crippen LogP contribution in [0.4, 0.5) is 0 Å². The molecule has 0 aliphatic carbocycles. The summed E-state index contributed by atoms with van der Waals surface area (Å²) in [6, 6.07) is 1.19. The standard InChI is InChI=1S/C11H15NO4S2/c1-7(2)4-5-12-18(15,16)10-6-9(11(13)14)17-8(10)3/h4,6,12H,5H2,1-3H3,(H,13,14). The van der Waals surface area contributed by atoms with Gasteiger partial charge in [0, 0.05) is 11.4 Å². The van der Waals surface area contributed by atoms with Gasteiger partial charge in [0.2, 0.25) is 10.0 Å². The van der Waals surface area contributed by atoms with Crippen molar-refractivity contribution in [1.29, 1.82) is 0 Å². The van der Waals surface area contributed by atoms with Crippen LogP contribution in [0, 0.1) is 6.92 Å². The summed E-state index contributed by atoms with van der Waals surface area (Å²) in [4.78, 5) is 11.3. The molecule has 100 valence electrons. The Labute approximate surface area is 110 Å². The van der Waals surface area contributed by atoms with Crippen LogP contribution in [0.3, 0.4) is 0 Å². The lowest BCUT2D eigenvalue weighted by Crippen LogP contribution is -2.24. The van der Waals surface area contributed by atoms with Crippen molar-refractivity contribution in [2.24, 2.45) is 0 Å². The largest absolute Gasteiger partial charge is 0.477 e. The van der Waals surface area contributed by atoms with E-state index in [-0.39, 0.29) is 16.3 Å². The van der Waals surface area contributed by atoms with Gasteiger partial charge in [-0.25, -0.2) is 17.9 Å². The number of aryl methyl sites for hydroxylation is 1. The average Bonchev–Trinajstić information content (AvgIpc) is 2.60. The summed E-state index contributed by atoms with van der Waals surface area (Å²) in [5.41, 5.74) is 1.01. The molecule has 0 saturated carbocycles. The van der Waals surface area contributed by atoms with Crippen LogP contribution in [0.1, 0.15) is 28.4 Å². The fourth-order valence-electron chi connectivity index (χ4n) is 1.27. The van der Waals surface area contributed by atoms with E-state index in [2.05, 4.69) is 4.72 Å². The first-order chi connectivity index (χ1) is 8.24. The van der Waals surface area contributed by atoms with E-state index in [1.807, 2.05) is 13.8 Å². The minimum atomic E-state index is -3.65. The molecular weight excluding hydrogens is 274 g/mol. The van der Waals surface area contributed by atoms with Gasteiger partial charge < -0.3 is 5.11 Å². The second kappa shape index (κ2) is 5.64. The van der Waals surface area contributed by atoms with E-state index in [9.17, 15) is 13.2 Å². The highest BCUT2D eigenvalue weighted by Gasteiger charge is 2.21. The molecule has 7 heteroatoms. The van der Waals surface area contributed by atoms with E-state index < -0.39 is 16.0 Å². The van der Waals surface area contributed by atoms with Gasteiger partial charge in [0.15, 0.2) is 0 Å². The molecule has 0 bridgehead atoms. The summed E-state index contributed by atoms with van der Waals surface area (Å²) in [5, 5.41) is 8.82. The highest BCUT2D eigenvalue weighted by atomic mass is 32.2. The number of carboxylic acid groups (broad SMARTS) is 1. The second-order valence-electron chi connectivity index (χ2n) is 3.97. The van der Waals surface area contributed by atoms with Crippen molar-refractivity contribution in [2.45, 2.75) is 25.7 Å². The molecule has 0 unspecified atom stereocenters. The lowest BCUT2D eigenvalue weighted by molar-refractivity contribution is 0.0702. The van der Waals surface area contributed by atoms with Gasteiger partial charge in [0.25, 0.3) is 0 Å². The molecule has 0 saturated heterocycles. The van der Waals surface area contributed by atoms with Crippen molar-refractivity contribution >= 4 is 27.3 Å². The molecule has 0 spiro atoms. The maximum atomic E-state index is 11.9. The number of sulfonamides is 1. The summed E-state index contributed by atoms with van der Waals surface area (Å²) in [7, 11) is -3.65. The van der Waals surface area contributed by atoms with E-state index in [1.54, 1.807) is 13.0 Å². The van der Waals surface area contributed by atoms with E-state index in [4.69, 9.17) is 5.11 Å². The van der Waals surface area contributed by atoms with Gasteiger partial charge in [-0.3, -0.25) is 0 Å². The van der Waals surface area contributed by atoms with E-state index in [0.29, 0.717) is 4.88 Å². The number of aromatic carboxylic acids is 1. The highest BCUT2D eigenvalue weighted by molar-refractivity contribution is 7.89. The number of carbonyl (C=O) groups is 1. The maximum absolute atomic E-state index is 11.9. The van der Waals surface area contributed by atoms with Crippen LogP contribution in [0.25, 0.3) is 0 Å². The first kappa shape index (κ1) is 14.9. The van der Waals surface area contributed by atoms with Crippen LogP contribution in [0.2, 0.25) is 0 Å². The van der Waals surface area contributed by atoms with E-state index in [1.165, 1.54) is 6.07 Å². The van der Waals surface area contributed by atoms with Gasteiger partial charge in [-0.05, 0) is 26.8 Å². The van der Waals surface area contributed by atoms with Crippen LogP contribution in [-0.2, 0) is 10.0 Å². The molecule has 5 nitrogen and oxygen atoms in total. The average molecular weight is 289 g/mol. The fraction of sp³-hybridized carbons (Fsp3) is 0.364. The third-order valence-corrected chi connectivity index (χ3v) is 4.87. The Morgan fingerprint density at radius 2 is 2.11 bits per heavy atom. The quantitative estimate of drug-likeness (QED) is 0.812. The molecule has 0 aromatic carbocycles. The number of thiophene rings is 1. The van der Waals surface area contributed by atoms with Crippen molar-refractivity contribution in [3.63, 3.8) is 0 Å². The Bertz CT molecular complexity index is 580. The summed E-state index contributed by atoms with van der Waals surface area (Å²) in [6.07, 6.45) is 1.75. The molecule has 0 fully saturated rings. The van der Waals surface area contributed by atoms with Gasteiger partial charge in [-0.2, -0.15) is 0 Å². The minimum absolute atomic E-state index is 0.0232. The summed E-state index contributed by atoms with van der Waals surface area (Å²) in [5.74, 6) is -1.12. The number of allylic oxidation sites excluding steroid dienone is 1. The molecule has 0 aliphatic heterocycles. The fourth-order valence-corrected chi connectivity index (χ4v) is 3.66. The molecule has 1 aromatic rings. The van der Waals surface area contributed by atoms with Crippen molar-refractivity contribution in [3.05, 3.63) is 27.5 Å². The number of carboxylic acids is 1. The molecule has 0 aliphatic rings. The Morgan fingerprint density at radius 3 is 2.56 bits per heavy atom. The maximum Gasteiger partial charge on any atom is 0.345 e. The van der Waals surface area contributed by atoms with Crippen LogP contribution in [-0.4, -0.2) is 26.0 Å². The zero-order chi connectivity index (χ0) is 13.9. The number of rotatable bonds is 5. The molecule has 1 aromatic heterocycles. The van der Waals surface area contributed by atoms with Crippen LogP contribution < -0.4 is 4.72 Å². The van der Waals surface area contributed by atoms with Gasteiger partial charge >= 0.3 is 5.97 Å². The first-order valence-corrected chi connectivity index (χ1v) is 7.51. The summed E-state index contributed by atoms with van der Waals surface area (Å²) in [6.45, 7) is 5.52. The van der Waals surface area contributed by atoms with Crippen LogP contribution in [0.15, 0.2) is 22.6 Å². The monoisotopic (exact) mass is 289 g/mol. The number of hydrogen-bond acceptors (Lipinski definition) is 4. The first-order valence-electron chi connectivity index (χ1n) is 5.21. The smallest absolute Gasteiger partial charge is 0.345 e. The molecular formula is C11H15NO4S2. The second-order valence-corrected chi connectivity index (χ2v) is 6.96. The summed E-state index contributed by atoms with van der Waals surface area (Å²) >= 11 is 0.955. The predicted molar refractivity (Wildman–Crippen MR) is 70.6 cm³/mol. The SMILES string of the molecule is CC(C)=CCNS(=O)(=O)c1cc(C(=O)O)sc1C. The van der Waals surface area contributed by atoms with Crippen LogP contribution in [0.5, 0.6) is 0 Å². The molecule has 1 heterocycles. The molecule has 1 rings (SSSR count). The van der Waals surface area contributed by atoms with Crippen molar-refractivity contribution in [2.75, 3.05) is 6.54 Å². The van der Waals surface area contributed by atoms with Crippen molar-refractivity contribution in [1.82, 2.24) is 4.72 Å². The zero-order valence-electron chi connectivity index (χ0n) is 10.4.